The van der Waals surface area contributed by atoms with E-state index in [1.807, 2.05) is 12.2 Å². The number of phosphoric ester groups is 1. The maximum Gasteiger partial charge on any atom is 0.469 e. The highest BCUT2D eigenvalue weighted by atomic mass is 31.2. The number of phosphoric acid groups is 1. The summed E-state index contributed by atoms with van der Waals surface area (Å²) in [6, 6.07) is 0. The summed E-state index contributed by atoms with van der Waals surface area (Å²) in [7, 11) is -4.83. The zero-order chi connectivity index (χ0) is 40.6. The molecule has 316 valence electrons. The highest BCUT2D eigenvalue weighted by Gasteiger charge is 2.39. The third kappa shape index (κ3) is 28.6. The number of ether oxygens (including phenoxy) is 2. The number of carbonyl (C=O) groups excluding carboxylic acids is 3. The molecule has 1 rings (SSSR count). The number of allylic oxidation sites excluding steroid dienone is 7. The van der Waals surface area contributed by atoms with Gasteiger partial charge in [0.2, 0.25) is 0 Å². The van der Waals surface area contributed by atoms with Crippen molar-refractivity contribution in [2.45, 2.75) is 180 Å². The SMILES string of the molecule is CCCCCCCC/C=C\C/C=C\C/C=C\CCCC(=O)O[C@H](COC(=O)CCCCCC[C@H]1[C@@H](O)CC(=O)[C@@H]1/C=C/[C@@H](O)CCCCC)COP(=O)(O)O. The number of hydrogen-bond donors (Lipinski definition) is 4. The van der Waals surface area contributed by atoms with E-state index in [0.717, 1.165) is 57.8 Å². The molecular weight excluding hydrogens is 723 g/mol. The summed E-state index contributed by atoms with van der Waals surface area (Å²) >= 11 is 0. The Hall–Kier alpha value is -2.40. The van der Waals surface area contributed by atoms with Crippen LogP contribution in [0.5, 0.6) is 0 Å². The molecule has 0 amide bonds. The van der Waals surface area contributed by atoms with Crippen molar-refractivity contribution in [2.24, 2.45) is 11.8 Å². The van der Waals surface area contributed by atoms with Crippen LogP contribution >= 0.6 is 7.82 Å². The van der Waals surface area contributed by atoms with Gasteiger partial charge in [-0.05, 0) is 63.7 Å². The van der Waals surface area contributed by atoms with E-state index in [1.54, 1.807) is 12.2 Å². The Morgan fingerprint density at radius 1 is 0.764 bits per heavy atom. The molecule has 1 aliphatic rings. The molecule has 11 nitrogen and oxygen atoms in total. The lowest BCUT2D eigenvalue weighted by molar-refractivity contribution is -0.161. The maximum atomic E-state index is 12.5. The molecule has 4 N–H and O–H groups in total. The van der Waals surface area contributed by atoms with Gasteiger partial charge in [0.1, 0.15) is 12.4 Å². The molecule has 55 heavy (non-hydrogen) atoms. The van der Waals surface area contributed by atoms with Crippen molar-refractivity contribution in [1.82, 2.24) is 0 Å². The predicted molar refractivity (Wildman–Crippen MR) is 217 cm³/mol. The van der Waals surface area contributed by atoms with E-state index in [0.29, 0.717) is 32.1 Å². The third-order valence-electron chi connectivity index (χ3n) is 9.73. The number of Topliss-reactive ketones (excluding diaryl/α,β-unsaturated/α-hetero) is 1. The van der Waals surface area contributed by atoms with Gasteiger partial charge in [-0.15, -0.1) is 0 Å². The molecule has 0 spiro atoms. The summed E-state index contributed by atoms with van der Waals surface area (Å²) < 4.78 is 26.3. The molecule has 0 saturated heterocycles. The Morgan fingerprint density at radius 2 is 1.35 bits per heavy atom. The van der Waals surface area contributed by atoms with Crippen molar-refractivity contribution in [3.05, 3.63) is 48.6 Å². The van der Waals surface area contributed by atoms with E-state index in [1.165, 1.54) is 38.5 Å². The molecule has 0 unspecified atom stereocenters. The van der Waals surface area contributed by atoms with Gasteiger partial charge in [0.05, 0.1) is 18.8 Å². The Labute approximate surface area is 331 Å². The van der Waals surface area contributed by atoms with Crippen LogP contribution in [0, 0.1) is 11.8 Å². The summed E-state index contributed by atoms with van der Waals surface area (Å²) in [5.74, 6) is -1.69. The number of rotatable bonds is 34. The van der Waals surface area contributed by atoms with Crippen LogP contribution in [0.2, 0.25) is 0 Å². The van der Waals surface area contributed by atoms with Gasteiger partial charge in [0.25, 0.3) is 0 Å². The lowest BCUT2D eigenvalue weighted by Crippen LogP contribution is -2.29. The highest BCUT2D eigenvalue weighted by Crippen LogP contribution is 2.36. The van der Waals surface area contributed by atoms with Crippen molar-refractivity contribution in [3.63, 3.8) is 0 Å². The summed E-state index contributed by atoms with van der Waals surface area (Å²) in [4.78, 5) is 55.5. The topological polar surface area (TPSA) is 177 Å². The van der Waals surface area contributed by atoms with Crippen molar-refractivity contribution in [3.8, 4) is 0 Å². The Balaban J connectivity index is 2.30. The van der Waals surface area contributed by atoms with Crippen LogP contribution in [0.4, 0.5) is 0 Å². The van der Waals surface area contributed by atoms with Crippen molar-refractivity contribution >= 4 is 25.5 Å². The first-order valence-corrected chi connectivity index (χ1v) is 22.6. The number of aliphatic hydroxyl groups excluding tert-OH is 2. The van der Waals surface area contributed by atoms with Gasteiger partial charge >= 0.3 is 19.8 Å². The van der Waals surface area contributed by atoms with E-state index >= 15 is 0 Å². The van der Waals surface area contributed by atoms with Crippen LogP contribution < -0.4 is 0 Å². The molecule has 1 saturated carbocycles. The number of carbonyl (C=O) groups is 3. The zero-order valence-electron chi connectivity index (χ0n) is 33.8. The lowest BCUT2D eigenvalue weighted by Gasteiger charge is -2.19. The van der Waals surface area contributed by atoms with E-state index in [4.69, 9.17) is 19.3 Å². The van der Waals surface area contributed by atoms with Crippen LogP contribution in [0.1, 0.15) is 162 Å². The molecule has 0 aliphatic heterocycles. The summed E-state index contributed by atoms with van der Waals surface area (Å²) in [5, 5.41) is 20.7. The Morgan fingerprint density at radius 3 is 2.04 bits per heavy atom. The number of esters is 2. The number of aliphatic hydroxyl groups is 2. The van der Waals surface area contributed by atoms with E-state index in [-0.39, 0.29) is 37.6 Å². The van der Waals surface area contributed by atoms with Crippen LogP contribution in [0.15, 0.2) is 48.6 Å². The minimum Gasteiger partial charge on any atom is -0.462 e. The van der Waals surface area contributed by atoms with E-state index in [2.05, 4.69) is 42.7 Å². The molecule has 0 aromatic heterocycles. The highest BCUT2D eigenvalue weighted by molar-refractivity contribution is 7.46. The number of hydrogen-bond acceptors (Lipinski definition) is 9. The fourth-order valence-corrected chi connectivity index (χ4v) is 6.89. The largest absolute Gasteiger partial charge is 0.469 e. The van der Waals surface area contributed by atoms with Crippen LogP contribution in [0.3, 0.4) is 0 Å². The predicted octanol–water partition coefficient (Wildman–Crippen LogP) is 9.32. The van der Waals surface area contributed by atoms with E-state index < -0.39 is 50.6 Å². The minimum atomic E-state index is -4.83. The van der Waals surface area contributed by atoms with Gasteiger partial charge in [-0.2, -0.15) is 0 Å². The fraction of sp³-hybridized carbons (Fsp3) is 0.744. The second-order valence-corrected chi connectivity index (χ2v) is 16.0. The molecule has 12 heteroatoms. The van der Waals surface area contributed by atoms with Crippen LogP contribution in [-0.4, -0.2) is 69.2 Å². The van der Waals surface area contributed by atoms with E-state index in [9.17, 15) is 29.2 Å². The van der Waals surface area contributed by atoms with Gasteiger partial charge < -0.3 is 29.5 Å². The normalized spacial score (nSPS) is 19.0. The average Bonchev–Trinajstić information content (AvgIpc) is 3.41. The van der Waals surface area contributed by atoms with Crippen LogP contribution in [0.25, 0.3) is 0 Å². The first-order chi connectivity index (χ1) is 26.5. The van der Waals surface area contributed by atoms with Crippen molar-refractivity contribution in [1.29, 1.82) is 0 Å². The van der Waals surface area contributed by atoms with Gasteiger partial charge in [-0.1, -0.05) is 133 Å². The monoisotopic (exact) mass is 796 g/mol. The lowest BCUT2D eigenvalue weighted by atomic mass is 9.88. The zero-order valence-corrected chi connectivity index (χ0v) is 34.7. The second kappa shape index (κ2) is 32.7. The molecular formula is C43H73O11P. The molecule has 0 aromatic carbocycles. The average molecular weight is 797 g/mol. The first-order valence-electron chi connectivity index (χ1n) is 21.0. The molecule has 1 aliphatic carbocycles. The van der Waals surface area contributed by atoms with Crippen LogP contribution in [-0.2, 0) is 32.9 Å². The van der Waals surface area contributed by atoms with Gasteiger partial charge in [-0.3, -0.25) is 18.9 Å². The fourth-order valence-electron chi connectivity index (χ4n) is 6.53. The molecule has 5 atom stereocenters. The number of unbranched alkanes of at least 4 members (excludes halogenated alkanes) is 12. The van der Waals surface area contributed by atoms with Gasteiger partial charge in [-0.25, -0.2) is 4.57 Å². The van der Waals surface area contributed by atoms with Gasteiger partial charge in [0.15, 0.2) is 6.10 Å². The third-order valence-corrected chi connectivity index (χ3v) is 10.2. The molecule has 0 bridgehead atoms. The summed E-state index contributed by atoms with van der Waals surface area (Å²) in [5.41, 5.74) is 0. The molecule has 0 heterocycles. The summed E-state index contributed by atoms with van der Waals surface area (Å²) in [6.45, 7) is 3.33. The van der Waals surface area contributed by atoms with Crippen molar-refractivity contribution in [2.75, 3.05) is 13.2 Å². The summed E-state index contributed by atoms with van der Waals surface area (Å²) in [6.07, 6.45) is 33.2. The molecule has 0 radical (unpaired) electrons. The molecule has 1 fully saturated rings. The van der Waals surface area contributed by atoms with Crippen molar-refractivity contribution < 1.29 is 52.9 Å². The first kappa shape index (κ1) is 50.6. The quantitative estimate of drug-likeness (QED) is 0.0211. The number of ketones is 1. The molecule has 0 aromatic rings. The Kier molecular flexibility index (Phi) is 30.1. The van der Waals surface area contributed by atoms with Gasteiger partial charge in [0, 0.05) is 25.2 Å². The smallest absolute Gasteiger partial charge is 0.462 e. The Bertz CT molecular complexity index is 1190. The second-order valence-electron chi connectivity index (χ2n) is 14.7. The maximum absolute atomic E-state index is 12.5. The standard InChI is InChI=1S/C43H73O11P/c1-3-5-7-8-9-10-11-12-13-14-15-16-17-18-19-20-26-30-43(48)54-37(35-53-55(49,50)51)34-52-42(47)29-25-22-21-24-28-38-39(41(46)33-40(38)45)32-31-36(44)27-23-6-4-2/h12-13,15-16,18-19,31-32,36-40,44-45H,3-11,14,17,20-30,33-35H2,1-2H3,(H2,49,50,51)/b13-12-,16-15-,19-18-,32-31+/t36-,37+,38+,39+,40-/m0/s1. The minimum absolute atomic E-state index is 0.00353.